The van der Waals surface area contributed by atoms with E-state index in [1.165, 1.54) is 25.7 Å². The van der Waals surface area contributed by atoms with E-state index in [4.69, 9.17) is 10.8 Å². The van der Waals surface area contributed by atoms with Crippen LogP contribution in [-0.4, -0.2) is 64.1 Å². The maximum Gasteiger partial charge on any atom is 0.253 e. The number of aliphatic hydroxyl groups is 3. The Bertz CT molecular complexity index is 453. The third kappa shape index (κ3) is 4.02. The summed E-state index contributed by atoms with van der Waals surface area (Å²) in [5.74, 6) is 1.41. The molecule has 0 spiro atoms. The van der Waals surface area contributed by atoms with Gasteiger partial charge in [0.2, 0.25) is 0 Å². The van der Waals surface area contributed by atoms with Crippen LogP contribution in [0.1, 0.15) is 51.4 Å². The lowest BCUT2D eigenvalue weighted by molar-refractivity contribution is -0.144. The number of rotatable bonds is 4. The van der Waals surface area contributed by atoms with Gasteiger partial charge in [-0.25, -0.2) is 0 Å². The fourth-order valence-electron chi connectivity index (χ4n) is 5.61. The average molecular weight is 354 g/mol. The molecule has 6 heteroatoms. The molecule has 4 unspecified atom stereocenters. The highest BCUT2D eigenvalue weighted by Gasteiger charge is 2.45. The Labute approximate surface area is 150 Å². The monoisotopic (exact) mass is 354 g/mol. The maximum absolute atomic E-state index is 12.0. The number of likely N-dealkylation sites (tertiary alicyclic amines) is 1. The van der Waals surface area contributed by atoms with Gasteiger partial charge in [-0.05, 0) is 49.9 Å². The zero-order valence-electron chi connectivity index (χ0n) is 15.1. The largest absolute Gasteiger partial charge is 0.393 e. The number of amides is 1. The zero-order chi connectivity index (χ0) is 18.0. The van der Waals surface area contributed by atoms with Crippen molar-refractivity contribution < 1.29 is 20.1 Å². The number of aliphatic hydroxyl groups excluding tert-OH is 3. The lowest BCUT2D eigenvalue weighted by Gasteiger charge is -2.49. The maximum atomic E-state index is 12.0. The number of hydrogen-bond donors (Lipinski definition) is 4. The molecule has 1 aliphatic heterocycles. The van der Waals surface area contributed by atoms with Gasteiger partial charge in [-0.3, -0.25) is 4.79 Å². The molecule has 0 aromatic rings. The molecule has 0 bridgehead atoms. The molecular weight excluding hydrogens is 320 g/mol. The van der Waals surface area contributed by atoms with Gasteiger partial charge in [0.15, 0.2) is 6.10 Å². The third-order valence-corrected chi connectivity index (χ3v) is 7.04. The van der Waals surface area contributed by atoms with Crippen LogP contribution in [0.5, 0.6) is 0 Å². The number of nitrogens with two attached hydrogens (primary N) is 1. The average Bonchev–Trinajstić information content (AvgIpc) is 2.66. The van der Waals surface area contributed by atoms with E-state index in [1.54, 1.807) is 4.90 Å². The molecular formula is C19H34N2O4. The molecule has 0 radical (unpaired) electrons. The van der Waals surface area contributed by atoms with E-state index in [9.17, 15) is 15.0 Å². The first-order valence-corrected chi connectivity index (χ1v) is 10.0. The van der Waals surface area contributed by atoms with E-state index in [0.29, 0.717) is 24.9 Å². The second-order valence-electron chi connectivity index (χ2n) is 8.37. The smallest absolute Gasteiger partial charge is 0.253 e. The first-order chi connectivity index (χ1) is 12.0. The van der Waals surface area contributed by atoms with Crippen LogP contribution in [0.25, 0.3) is 0 Å². The molecule has 2 saturated carbocycles. The summed E-state index contributed by atoms with van der Waals surface area (Å²) < 4.78 is 0. The molecule has 1 heterocycles. The molecule has 3 rings (SSSR count). The van der Waals surface area contributed by atoms with Crippen molar-refractivity contribution in [1.29, 1.82) is 0 Å². The van der Waals surface area contributed by atoms with Crippen molar-refractivity contribution in [3.05, 3.63) is 0 Å². The van der Waals surface area contributed by atoms with E-state index in [0.717, 1.165) is 31.6 Å². The highest BCUT2D eigenvalue weighted by atomic mass is 16.3. The minimum Gasteiger partial charge on any atom is -0.393 e. The summed E-state index contributed by atoms with van der Waals surface area (Å²) >= 11 is 0. The fraction of sp³-hybridized carbons (Fsp3) is 0.947. The molecule has 0 aromatic carbocycles. The number of hydrogen-bond acceptors (Lipinski definition) is 5. The topological polar surface area (TPSA) is 107 Å². The summed E-state index contributed by atoms with van der Waals surface area (Å²) in [5, 5.41) is 29.1. The molecule has 25 heavy (non-hydrogen) atoms. The number of piperidine rings is 1. The van der Waals surface area contributed by atoms with Gasteiger partial charge in [-0.1, -0.05) is 19.3 Å². The van der Waals surface area contributed by atoms with E-state index < -0.39 is 12.7 Å². The number of fused-ring (bicyclic) bond motifs is 1. The summed E-state index contributed by atoms with van der Waals surface area (Å²) in [6.07, 6.45) is 7.08. The molecule has 2 aliphatic carbocycles. The molecule has 1 amide bonds. The van der Waals surface area contributed by atoms with E-state index >= 15 is 0 Å². The second-order valence-corrected chi connectivity index (χ2v) is 8.37. The van der Waals surface area contributed by atoms with Crippen LogP contribution in [0.2, 0.25) is 0 Å². The summed E-state index contributed by atoms with van der Waals surface area (Å²) in [7, 11) is 0. The lowest BCUT2D eigenvalue weighted by Crippen LogP contribution is -2.54. The first kappa shape index (κ1) is 19.1. The summed E-state index contributed by atoms with van der Waals surface area (Å²) in [6.45, 7) is 0.617. The van der Waals surface area contributed by atoms with Crippen LogP contribution in [0.4, 0.5) is 0 Å². The normalized spacial score (nSPS) is 36.6. The van der Waals surface area contributed by atoms with Crippen LogP contribution >= 0.6 is 0 Å². The van der Waals surface area contributed by atoms with Crippen molar-refractivity contribution in [3.63, 3.8) is 0 Å². The zero-order valence-corrected chi connectivity index (χ0v) is 15.1. The number of carbonyl (C=O) groups is 1. The summed E-state index contributed by atoms with van der Waals surface area (Å²) in [4.78, 5) is 13.6. The molecule has 6 nitrogen and oxygen atoms in total. The van der Waals surface area contributed by atoms with E-state index in [2.05, 4.69) is 0 Å². The molecule has 5 N–H and O–H groups in total. The molecule has 3 fully saturated rings. The highest BCUT2D eigenvalue weighted by molar-refractivity contribution is 5.80. The van der Waals surface area contributed by atoms with Gasteiger partial charge in [0.25, 0.3) is 5.91 Å². The standard InChI is InChI=1S/C19H34N2O4/c20-18(13-7-9-21(10-8-13)19(25)16(24)11-22)17-14-4-2-1-3-12(14)5-6-15(17)23/h12-18,22-24H,1-11,20H2/t12?,14?,15?,16-,17?,18-/m1/s1. The Morgan fingerprint density at radius 3 is 2.44 bits per heavy atom. The molecule has 144 valence electrons. The van der Waals surface area contributed by atoms with Crippen LogP contribution in [0, 0.1) is 23.7 Å². The predicted octanol–water partition coefficient (Wildman–Crippen LogP) is 0.483. The molecule has 6 atom stereocenters. The van der Waals surface area contributed by atoms with E-state index in [1.807, 2.05) is 0 Å². The molecule has 0 aromatic heterocycles. The van der Waals surface area contributed by atoms with Crippen molar-refractivity contribution >= 4 is 5.91 Å². The number of carbonyl (C=O) groups excluding carboxylic acids is 1. The van der Waals surface area contributed by atoms with Crippen molar-refractivity contribution in [1.82, 2.24) is 4.90 Å². The van der Waals surface area contributed by atoms with Crippen molar-refractivity contribution in [2.75, 3.05) is 19.7 Å². The Hall–Kier alpha value is -0.690. The Morgan fingerprint density at radius 1 is 1.08 bits per heavy atom. The van der Waals surface area contributed by atoms with Crippen LogP contribution < -0.4 is 5.73 Å². The van der Waals surface area contributed by atoms with Gasteiger partial charge >= 0.3 is 0 Å². The molecule has 1 saturated heterocycles. The lowest BCUT2D eigenvalue weighted by atomic mass is 9.60. The van der Waals surface area contributed by atoms with E-state index in [-0.39, 0.29) is 24.0 Å². The highest BCUT2D eigenvalue weighted by Crippen LogP contribution is 2.46. The third-order valence-electron chi connectivity index (χ3n) is 7.04. The minimum absolute atomic E-state index is 0.0130. The summed E-state index contributed by atoms with van der Waals surface area (Å²) in [5.41, 5.74) is 6.68. The minimum atomic E-state index is -1.31. The predicted molar refractivity (Wildman–Crippen MR) is 94.6 cm³/mol. The van der Waals surface area contributed by atoms with Gasteiger partial charge in [-0.15, -0.1) is 0 Å². The second kappa shape index (κ2) is 8.33. The van der Waals surface area contributed by atoms with Gasteiger partial charge < -0.3 is 26.0 Å². The Kier molecular flexibility index (Phi) is 6.36. The van der Waals surface area contributed by atoms with Gasteiger partial charge in [0.1, 0.15) is 0 Å². The van der Waals surface area contributed by atoms with Crippen LogP contribution in [0.15, 0.2) is 0 Å². The fourth-order valence-corrected chi connectivity index (χ4v) is 5.61. The van der Waals surface area contributed by atoms with Crippen LogP contribution in [0.3, 0.4) is 0 Å². The van der Waals surface area contributed by atoms with Gasteiger partial charge in [-0.2, -0.15) is 0 Å². The quantitative estimate of drug-likeness (QED) is 0.588. The van der Waals surface area contributed by atoms with Crippen molar-refractivity contribution in [2.24, 2.45) is 29.4 Å². The molecule has 3 aliphatic rings. The Morgan fingerprint density at radius 2 is 1.76 bits per heavy atom. The first-order valence-electron chi connectivity index (χ1n) is 10.0. The van der Waals surface area contributed by atoms with Gasteiger partial charge in [0, 0.05) is 25.0 Å². The summed E-state index contributed by atoms with van der Waals surface area (Å²) in [6, 6.07) is -0.0130. The SMILES string of the molecule is N[C@H](C1CCN(C(=O)[C@H](O)CO)CC1)C1C(O)CCC2CCCCC21. The van der Waals surface area contributed by atoms with Gasteiger partial charge in [0.05, 0.1) is 12.7 Å². The van der Waals surface area contributed by atoms with Crippen molar-refractivity contribution in [3.8, 4) is 0 Å². The van der Waals surface area contributed by atoms with Crippen LogP contribution in [-0.2, 0) is 4.79 Å². The van der Waals surface area contributed by atoms with Crippen molar-refractivity contribution in [2.45, 2.75) is 69.6 Å². The Balaban J connectivity index is 1.59. The number of nitrogens with zero attached hydrogens (tertiary/aromatic N) is 1.